The Hall–Kier alpha value is -1.77. The van der Waals surface area contributed by atoms with Gasteiger partial charge in [-0.1, -0.05) is 36.4 Å². The fourth-order valence-corrected chi connectivity index (χ4v) is 3.07. The van der Waals surface area contributed by atoms with E-state index in [0.717, 1.165) is 5.56 Å². The lowest BCUT2D eigenvalue weighted by atomic mass is 9.95. The molecule has 2 aliphatic heterocycles. The molecule has 7 nitrogen and oxygen atoms in total. The lowest BCUT2D eigenvalue weighted by Gasteiger charge is -2.47. The Morgan fingerprint density at radius 1 is 1.29 bits per heavy atom. The van der Waals surface area contributed by atoms with E-state index < -0.39 is 48.4 Å². The van der Waals surface area contributed by atoms with Crippen molar-refractivity contribution in [2.24, 2.45) is 5.41 Å². The van der Waals surface area contributed by atoms with Gasteiger partial charge >= 0.3 is 5.97 Å². The van der Waals surface area contributed by atoms with Gasteiger partial charge in [0.05, 0.1) is 18.6 Å². The number of aliphatic hydroxyl groups is 1. The van der Waals surface area contributed by atoms with Crippen LogP contribution in [0.25, 0.3) is 0 Å². The molecule has 0 radical (unpaired) electrons. The maximum Gasteiger partial charge on any atom is 0.311 e. The second kappa shape index (κ2) is 8.71. The van der Waals surface area contributed by atoms with Crippen LogP contribution in [-0.4, -0.2) is 55.0 Å². The number of hydrogen-bond acceptors (Lipinski definition) is 7. The van der Waals surface area contributed by atoms with Crippen molar-refractivity contribution in [1.82, 2.24) is 0 Å². The summed E-state index contributed by atoms with van der Waals surface area (Å²) in [4.78, 5) is 12.4. The summed E-state index contributed by atoms with van der Waals surface area (Å²) in [5, 5.41) is 11.0. The molecule has 0 saturated carbocycles. The number of rotatable bonds is 5. The van der Waals surface area contributed by atoms with Gasteiger partial charge in [-0.3, -0.25) is 4.79 Å². The largest absolute Gasteiger partial charge is 0.454 e. The van der Waals surface area contributed by atoms with Gasteiger partial charge in [0, 0.05) is 5.56 Å². The van der Waals surface area contributed by atoms with Gasteiger partial charge < -0.3 is 28.8 Å². The molecule has 3 unspecified atom stereocenters. The maximum atomic E-state index is 12.4. The molecule has 1 aromatic carbocycles. The van der Waals surface area contributed by atoms with E-state index in [1.54, 1.807) is 26.8 Å². The first-order valence-electron chi connectivity index (χ1n) is 9.40. The Kier molecular flexibility index (Phi) is 6.52. The molecule has 1 aromatic rings. The highest BCUT2D eigenvalue weighted by atomic mass is 16.8. The molecule has 2 aliphatic rings. The number of carbonyl (C=O) groups is 1. The minimum absolute atomic E-state index is 0.187. The fraction of sp³-hybridized carbons (Fsp3) is 0.571. The highest BCUT2D eigenvalue weighted by molar-refractivity contribution is 5.75. The minimum Gasteiger partial charge on any atom is -0.454 e. The van der Waals surface area contributed by atoms with Crippen LogP contribution in [0.4, 0.5) is 0 Å². The van der Waals surface area contributed by atoms with Gasteiger partial charge in [-0.15, -0.1) is 6.58 Å². The van der Waals surface area contributed by atoms with E-state index in [2.05, 4.69) is 6.58 Å². The van der Waals surface area contributed by atoms with Crippen molar-refractivity contribution in [3.05, 3.63) is 48.6 Å². The number of hydrogen-bond donors (Lipinski definition) is 1. The zero-order valence-corrected chi connectivity index (χ0v) is 16.4. The first-order valence-corrected chi connectivity index (χ1v) is 9.40. The second-order valence-electron chi connectivity index (χ2n) is 7.95. The van der Waals surface area contributed by atoms with E-state index in [4.69, 9.17) is 23.7 Å². The van der Waals surface area contributed by atoms with Gasteiger partial charge in [0.1, 0.15) is 18.3 Å². The first kappa shape index (κ1) is 21.0. The minimum atomic E-state index is -1.13. The third-order valence-electron chi connectivity index (χ3n) is 4.61. The molecule has 28 heavy (non-hydrogen) atoms. The van der Waals surface area contributed by atoms with Gasteiger partial charge in [0.15, 0.2) is 18.7 Å². The SMILES string of the molecule is C=CCO[C@H]1OC2COC(c3ccccc3)O[C@H]2[C@H](O)C1OC(=O)C(C)(C)C. The van der Waals surface area contributed by atoms with E-state index in [1.807, 2.05) is 30.3 Å². The zero-order valence-electron chi connectivity index (χ0n) is 16.4. The quantitative estimate of drug-likeness (QED) is 0.608. The van der Waals surface area contributed by atoms with Crippen LogP contribution in [0.15, 0.2) is 43.0 Å². The molecule has 0 amide bonds. The summed E-state index contributed by atoms with van der Waals surface area (Å²) in [7, 11) is 0. The fourth-order valence-electron chi connectivity index (χ4n) is 3.07. The summed E-state index contributed by atoms with van der Waals surface area (Å²) in [6.45, 7) is 9.24. The van der Waals surface area contributed by atoms with Crippen molar-refractivity contribution in [3.63, 3.8) is 0 Å². The topological polar surface area (TPSA) is 83.5 Å². The molecule has 6 atom stereocenters. The molecule has 1 N–H and O–H groups in total. The van der Waals surface area contributed by atoms with E-state index in [9.17, 15) is 9.90 Å². The van der Waals surface area contributed by atoms with Crippen molar-refractivity contribution in [2.45, 2.75) is 57.8 Å². The number of carbonyl (C=O) groups excluding carboxylic acids is 1. The summed E-state index contributed by atoms with van der Waals surface area (Å²) in [5.74, 6) is -0.461. The molecule has 0 aromatic heterocycles. The number of esters is 1. The number of benzene rings is 1. The number of aliphatic hydroxyl groups excluding tert-OH is 1. The summed E-state index contributed by atoms with van der Waals surface area (Å²) in [5.41, 5.74) is 0.101. The smallest absolute Gasteiger partial charge is 0.311 e. The van der Waals surface area contributed by atoms with Crippen molar-refractivity contribution in [2.75, 3.05) is 13.2 Å². The van der Waals surface area contributed by atoms with Crippen molar-refractivity contribution >= 4 is 5.97 Å². The summed E-state index contributed by atoms with van der Waals surface area (Å²) in [6.07, 6.45) is -3.44. The van der Waals surface area contributed by atoms with Crippen LogP contribution in [-0.2, 0) is 28.5 Å². The summed E-state index contributed by atoms with van der Waals surface area (Å²) in [6, 6.07) is 9.43. The molecular weight excluding hydrogens is 364 g/mol. The Bertz CT molecular complexity index is 669. The predicted molar refractivity (Wildman–Crippen MR) is 100 cm³/mol. The molecule has 154 valence electrons. The molecular formula is C21H28O7. The van der Waals surface area contributed by atoms with Crippen molar-refractivity contribution in [1.29, 1.82) is 0 Å². The highest BCUT2D eigenvalue weighted by Crippen LogP contribution is 2.36. The third-order valence-corrected chi connectivity index (χ3v) is 4.61. The van der Waals surface area contributed by atoms with Crippen molar-refractivity contribution in [3.8, 4) is 0 Å². The zero-order chi connectivity index (χ0) is 20.3. The average Bonchev–Trinajstić information content (AvgIpc) is 2.68. The predicted octanol–water partition coefficient (Wildman–Crippen LogP) is 2.35. The monoisotopic (exact) mass is 392 g/mol. The van der Waals surface area contributed by atoms with Crippen LogP contribution in [0, 0.1) is 5.41 Å². The summed E-state index contributed by atoms with van der Waals surface area (Å²) < 4.78 is 28.8. The van der Waals surface area contributed by atoms with Crippen LogP contribution >= 0.6 is 0 Å². The van der Waals surface area contributed by atoms with Gasteiger partial charge in [0.25, 0.3) is 0 Å². The lowest BCUT2D eigenvalue weighted by molar-refractivity contribution is -0.361. The molecule has 2 saturated heterocycles. The van der Waals surface area contributed by atoms with Crippen LogP contribution in [0.3, 0.4) is 0 Å². The molecule has 0 bridgehead atoms. The average molecular weight is 392 g/mol. The van der Waals surface area contributed by atoms with Crippen LogP contribution in [0.1, 0.15) is 32.6 Å². The number of fused-ring (bicyclic) bond motifs is 1. The van der Waals surface area contributed by atoms with E-state index >= 15 is 0 Å². The highest BCUT2D eigenvalue weighted by Gasteiger charge is 2.52. The molecule has 0 aliphatic carbocycles. The van der Waals surface area contributed by atoms with Gasteiger partial charge in [-0.25, -0.2) is 0 Å². The van der Waals surface area contributed by atoms with E-state index in [0.29, 0.717) is 0 Å². The Labute approximate surface area is 165 Å². The second-order valence-corrected chi connectivity index (χ2v) is 7.95. The Balaban J connectivity index is 1.77. The Morgan fingerprint density at radius 3 is 2.64 bits per heavy atom. The standard InChI is InChI=1S/C21H28O7/c1-5-11-24-19-17(28-20(23)21(2,3)4)15(22)16-14(26-19)12-25-18(27-16)13-9-7-6-8-10-13/h5-10,14-19,22H,1,11-12H2,2-4H3/t14?,15-,16+,17?,18?,19-/m0/s1. The van der Waals surface area contributed by atoms with Crippen LogP contribution < -0.4 is 0 Å². The van der Waals surface area contributed by atoms with E-state index in [-0.39, 0.29) is 13.2 Å². The van der Waals surface area contributed by atoms with Crippen molar-refractivity contribution < 1.29 is 33.6 Å². The lowest BCUT2D eigenvalue weighted by Crippen LogP contribution is -2.63. The van der Waals surface area contributed by atoms with Gasteiger partial charge in [0.2, 0.25) is 0 Å². The first-order chi connectivity index (χ1) is 13.3. The third kappa shape index (κ3) is 4.61. The van der Waals surface area contributed by atoms with Gasteiger partial charge in [-0.05, 0) is 20.8 Å². The molecule has 3 rings (SSSR count). The Morgan fingerprint density at radius 2 is 2.00 bits per heavy atom. The molecule has 2 fully saturated rings. The normalized spacial score (nSPS) is 33.0. The van der Waals surface area contributed by atoms with E-state index in [1.165, 1.54) is 0 Å². The van der Waals surface area contributed by atoms with Crippen LogP contribution in [0.5, 0.6) is 0 Å². The molecule has 7 heteroatoms. The van der Waals surface area contributed by atoms with Crippen LogP contribution in [0.2, 0.25) is 0 Å². The summed E-state index contributed by atoms with van der Waals surface area (Å²) >= 11 is 0. The van der Waals surface area contributed by atoms with Gasteiger partial charge in [-0.2, -0.15) is 0 Å². The molecule has 0 spiro atoms. The maximum absolute atomic E-state index is 12.4. The molecule has 2 heterocycles. The number of ether oxygens (including phenoxy) is 5.